The van der Waals surface area contributed by atoms with Crippen LogP contribution in [-0.2, 0) is 4.79 Å². The molecule has 1 radical (unpaired) electrons. The van der Waals surface area contributed by atoms with Gasteiger partial charge in [0.05, 0.1) is 10.7 Å². The van der Waals surface area contributed by atoms with Crippen LogP contribution < -0.4 is 5.73 Å². The molecule has 1 rings (SSSR count). The van der Waals surface area contributed by atoms with E-state index in [0.717, 1.165) is 4.90 Å². The van der Waals surface area contributed by atoms with E-state index in [0.29, 0.717) is 0 Å². The number of rotatable bonds is 4. The van der Waals surface area contributed by atoms with Gasteiger partial charge in [-0.05, 0) is 12.1 Å². The van der Waals surface area contributed by atoms with Gasteiger partial charge < -0.3 is 0 Å². The van der Waals surface area contributed by atoms with E-state index in [1.165, 1.54) is 23.9 Å². The monoisotopic (exact) mass is 211 g/mol. The van der Waals surface area contributed by atoms with Crippen LogP contribution in [0.25, 0.3) is 0 Å². The van der Waals surface area contributed by atoms with Gasteiger partial charge in [-0.1, -0.05) is 0 Å². The maximum Gasteiger partial charge on any atom is 0.269 e. The zero-order valence-electron chi connectivity index (χ0n) is 7.10. The summed E-state index contributed by atoms with van der Waals surface area (Å²) in [6.07, 6.45) is 0. The Bertz CT molecular complexity index is 350. The Balaban J connectivity index is 2.64. The minimum absolute atomic E-state index is 0.0200. The van der Waals surface area contributed by atoms with Crippen molar-refractivity contribution < 1.29 is 9.72 Å². The fourth-order valence-corrected chi connectivity index (χ4v) is 1.44. The predicted molar refractivity (Wildman–Crippen MR) is 51.9 cm³/mol. The molecule has 6 heteroatoms. The fraction of sp³-hybridized carbons (Fsp3) is 0.125. The van der Waals surface area contributed by atoms with E-state index in [9.17, 15) is 14.9 Å². The van der Waals surface area contributed by atoms with Crippen LogP contribution in [-0.4, -0.2) is 16.6 Å². The number of non-ortho nitro benzene ring substituents is 1. The first kappa shape index (κ1) is 10.5. The van der Waals surface area contributed by atoms with Crippen LogP contribution >= 0.6 is 11.8 Å². The van der Waals surface area contributed by atoms with Crippen molar-refractivity contribution in [3.05, 3.63) is 34.4 Å². The Morgan fingerprint density at radius 3 is 2.43 bits per heavy atom. The van der Waals surface area contributed by atoms with Gasteiger partial charge in [-0.2, -0.15) is 0 Å². The van der Waals surface area contributed by atoms with Crippen molar-refractivity contribution in [3.8, 4) is 0 Å². The second-order valence-corrected chi connectivity index (χ2v) is 3.51. The van der Waals surface area contributed by atoms with Crippen molar-refractivity contribution in [2.75, 3.05) is 5.75 Å². The number of carbonyl (C=O) groups excluding carboxylic acids is 1. The molecule has 0 aliphatic carbocycles. The van der Waals surface area contributed by atoms with E-state index < -0.39 is 10.8 Å². The molecule has 14 heavy (non-hydrogen) atoms. The molecule has 0 aromatic heterocycles. The Morgan fingerprint density at radius 1 is 1.43 bits per heavy atom. The number of hydrogen-bond donors (Lipinski definition) is 0. The molecule has 0 aliphatic rings. The lowest BCUT2D eigenvalue weighted by Crippen LogP contribution is -2.00. The van der Waals surface area contributed by atoms with Crippen molar-refractivity contribution in [2.45, 2.75) is 4.90 Å². The fourth-order valence-electron chi connectivity index (χ4n) is 0.813. The number of nitro groups is 1. The Morgan fingerprint density at radius 2 is 2.00 bits per heavy atom. The molecule has 0 spiro atoms. The summed E-state index contributed by atoms with van der Waals surface area (Å²) in [4.78, 5) is 20.9. The molecule has 1 amide bonds. The summed E-state index contributed by atoms with van der Waals surface area (Å²) in [5.41, 5.74) is 6.69. The molecule has 1 aromatic rings. The molecule has 0 fully saturated rings. The molecule has 0 unspecified atom stereocenters. The van der Waals surface area contributed by atoms with Gasteiger partial charge in [0.2, 0.25) is 5.91 Å². The average Bonchev–Trinajstić information content (AvgIpc) is 2.15. The van der Waals surface area contributed by atoms with E-state index in [1.807, 2.05) is 0 Å². The maximum absolute atomic E-state index is 10.3. The summed E-state index contributed by atoms with van der Waals surface area (Å²) in [5, 5.41) is 10.3. The van der Waals surface area contributed by atoms with Crippen molar-refractivity contribution in [3.63, 3.8) is 0 Å². The number of thioether (sulfide) groups is 1. The normalized spacial score (nSPS) is 9.71. The van der Waals surface area contributed by atoms with Gasteiger partial charge in [0.15, 0.2) is 0 Å². The zero-order chi connectivity index (χ0) is 10.6. The van der Waals surface area contributed by atoms with Gasteiger partial charge in [-0.25, -0.2) is 0 Å². The van der Waals surface area contributed by atoms with Crippen LogP contribution in [0.5, 0.6) is 0 Å². The number of amides is 1. The van der Waals surface area contributed by atoms with E-state index in [4.69, 9.17) is 5.73 Å². The van der Waals surface area contributed by atoms with Crippen LogP contribution in [0.3, 0.4) is 0 Å². The summed E-state index contributed by atoms with van der Waals surface area (Å²) >= 11 is 1.19. The number of nitro benzene ring substituents is 1. The molecule has 0 aliphatic heterocycles. The Labute approximate surface area is 84.4 Å². The number of nitrogens with one attached hydrogen (secondary N) is 1. The third kappa shape index (κ3) is 3.06. The first-order chi connectivity index (χ1) is 6.59. The highest BCUT2D eigenvalue weighted by Crippen LogP contribution is 2.20. The van der Waals surface area contributed by atoms with E-state index >= 15 is 0 Å². The molecule has 1 N–H and O–H groups in total. The Kier molecular flexibility index (Phi) is 3.47. The first-order valence-corrected chi connectivity index (χ1v) is 4.70. The van der Waals surface area contributed by atoms with Gasteiger partial charge in [0.25, 0.3) is 5.69 Å². The highest BCUT2D eigenvalue weighted by molar-refractivity contribution is 8.00. The van der Waals surface area contributed by atoms with Crippen molar-refractivity contribution in [1.29, 1.82) is 0 Å². The van der Waals surface area contributed by atoms with E-state index in [-0.39, 0.29) is 11.4 Å². The molecule has 0 atom stereocenters. The van der Waals surface area contributed by atoms with Crippen LogP contribution in [0.4, 0.5) is 5.69 Å². The van der Waals surface area contributed by atoms with E-state index in [2.05, 4.69) is 0 Å². The number of benzene rings is 1. The molecule has 1 aromatic carbocycles. The topological polar surface area (TPSA) is 84.0 Å². The van der Waals surface area contributed by atoms with Crippen molar-refractivity contribution in [1.82, 2.24) is 5.73 Å². The molecule has 73 valence electrons. The molecule has 0 saturated heterocycles. The lowest BCUT2D eigenvalue weighted by atomic mass is 10.3. The van der Waals surface area contributed by atoms with Crippen LogP contribution in [0.2, 0.25) is 0 Å². The highest BCUT2D eigenvalue weighted by Gasteiger charge is 2.04. The summed E-state index contributed by atoms with van der Waals surface area (Å²) in [7, 11) is 0. The molecule has 0 heterocycles. The largest absolute Gasteiger partial charge is 0.272 e. The van der Waals surface area contributed by atoms with Crippen LogP contribution in [0, 0.1) is 10.1 Å². The zero-order valence-corrected chi connectivity index (χ0v) is 7.91. The maximum atomic E-state index is 10.3. The Hall–Kier alpha value is -1.56. The molecule has 0 bridgehead atoms. The minimum atomic E-state index is -0.659. The molecular formula is C8H7N2O3S. The van der Waals surface area contributed by atoms with Gasteiger partial charge >= 0.3 is 0 Å². The smallest absolute Gasteiger partial charge is 0.269 e. The predicted octanol–water partition coefficient (Wildman–Crippen LogP) is 1.50. The summed E-state index contributed by atoms with van der Waals surface area (Å²) < 4.78 is 0. The second-order valence-electron chi connectivity index (χ2n) is 2.46. The third-order valence-electron chi connectivity index (χ3n) is 1.42. The van der Waals surface area contributed by atoms with Crippen LogP contribution in [0.1, 0.15) is 0 Å². The van der Waals surface area contributed by atoms with Gasteiger partial charge in [0.1, 0.15) is 0 Å². The molecular weight excluding hydrogens is 204 g/mol. The second kappa shape index (κ2) is 4.61. The van der Waals surface area contributed by atoms with Crippen LogP contribution in [0.15, 0.2) is 29.2 Å². The number of carbonyl (C=O) groups is 1. The third-order valence-corrected chi connectivity index (χ3v) is 2.43. The van der Waals surface area contributed by atoms with E-state index in [1.54, 1.807) is 12.1 Å². The lowest BCUT2D eigenvalue weighted by molar-refractivity contribution is -0.384. The average molecular weight is 211 g/mol. The SMILES string of the molecule is [NH]C(=O)CSc1ccc([N+](=O)[O-])cc1. The summed E-state index contributed by atoms with van der Waals surface area (Å²) in [6.45, 7) is 0. The minimum Gasteiger partial charge on any atom is -0.272 e. The van der Waals surface area contributed by atoms with Gasteiger partial charge in [-0.15, -0.1) is 11.8 Å². The van der Waals surface area contributed by atoms with Gasteiger partial charge in [-0.3, -0.25) is 20.6 Å². The van der Waals surface area contributed by atoms with Crippen molar-refractivity contribution >= 4 is 23.4 Å². The van der Waals surface area contributed by atoms with Crippen molar-refractivity contribution in [2.24, 2.45) is 0 Å². The standard InChI is InChI=1S/C8H7N2O3S/c9-8(11)5-14-7-3-1-6(2-4-7)10(12)13/h1-4,9H,5H2. The number of nitrogens with zero attached hydrogens (tertiary/aromatic N) is 1. The lowest BCUT2D eigenvalue weighted by Gasteiger charge is -1.97. The van der Waals surface area contributed by atoms with Gasteiger partial charge in [0, 0.05) is 17.0 Å². The first-order valence-electron chi connectivity index (χ1n) is 3.71. The highest BCUT2D eigenvalue weighted by atomic mass is 32.2. The number of hydrogen-bond acceptors (Lipinski definition) is 4. The quantitative estimate of drug-likeness (QED) is 0.429. The molecule has 5 nitrogen and oxygen atoms in total. The summed E-state index contributed by atoms with van der Waals surface area (Å²) in [5.74, 6) is -0.592. The molecule has 0 saturated carbocycles. The summed E-state index contributed by atoms with van der Waals surface area (Å²) in [6, 6.07) is 5.87.